The fraction of sp³-hybridized carbons (Fsp3) is 0.182. The molecule has 0 amide bonds. The molecule has 0 fully saturated rings. The van der Waals surface area contributed by atoms with E-state index in [9.17, 15) is 0 Å². The molecule has 17 heavy (non-hydrogen) atoms. The molecule has 88 valence electrons. The van der Waals surface area contributed by atoms with Gasteiger partial charge < -0.3 is 15.2 Å². The van der Waals surface area contributed by atoms with E-state index in [0.717, 1.165) is 22.6 Å². The number of aromatic amines is 1. The van der Waals surface area contributed by atoms with E-state index in [4.69, 9.17) is 26.8 Å². The van der Waals surface area contributed by atoms with E-state index in [0.29, 0.717) is 17.4 Å². The molecule has 5 nitrogen and oxygen atoms in total. The molecule has 0 saturated carbocycles. The molecule has 0 unspecified atom stereocenters. The first-order chi connectivity index (χ1) is 8.24. The van der Waals surface area contributed by atoms with Gasteiger partial charge in [-0.15, -0.1) is 0 Å². The number of nitrogen functional groups attached to an aromatic ring is 1. The van der Waals surface area contributed by atoms with Crippen LogP contribution >= 0.6 is 11.6 Å². The monoisotopic (exact) mass is 251 g/mol. The van der Waals surface area contributed by atoms with Crippen molar-refractivity contribution < 1.29 is 9.47 Å². The number of benzene rings is 1. The lowest BCUT2D eigenvalue weighted by Gasteiger charge is -2.20. The lowest BCUT2D eigenvalue weighted by Crippen LogP contribution is -2.12. The SMILES string of the molecule is Nc1cc(-c2cc(Cl)cc3c2OCOC3)[nH]n1. The molecular formula is C11H10ClN3O2. The summed E-state index contributed by atoms with van der Waals surface area (Å²) < 4.78 is 10.7. The van der Waals surface area contributed by atoms with Crippen LogP contribution in [0.25, 0.3) is 11.3 Å². The van der Waals surface area contributed by atoms with Crippen LogP contribution in [0.15, 0.2) is 18.2 Å². The Balaban J connectivity index is 2.18. The van der Waals surface area contributed by atoms with Gasteiger partial charge in [-0.1, -0.05) is 11.6 Å². The Labute approximate surface area is 102 Å². The smallest absolute Gasteiger partial charge is 0.189 e. The summed E-state index contributed by atoms with van der Waals surface area (Å²) in [4.78, 5) is 0. The van der Waals surface area contributed by atoms with Crippen LogP contribution in [0.4, 0.5) is 5.82 Å². The normalized spacial score (nSPS) is 14.2. The van der Waals surface area contributed by atoms with Crippen molar-refractivity contribution in [2.75, 3.05) is 12.5 Å². The number of H-pyrrole nitrogens is 1. The zero-order valence-electron chi connectivity index (χ0n) is 8.87. The second-order valence-corrected chi connectivity index (χ2v) is 4.20. The van der Waals surface area contributed by atoms with Crippen LogP contribution in [0.1, 0.15) is 5.56 Å². The van der Waals surface area contributed by atoms with Crippen molar-refractivity contribution in [3.63, 3.8) is 0 Å². The molecule has 1 aliphatic heterocycles. The van der Waals surface area contributed by atoms with E-state index >= 15 is 0 Å². The van der Waals surface area contributed by atoms with Gasteiger partial charge in [-0.3, -0.25) is 5.10 Å². The second-order valence-electron chi connectivity index (χ2n) is 3.76. The topological polar surface area (TPSA) is 73.2 Å². The highest BCUT2D eigenvalue weighted by molar-refractivity contribution is 6.31. The lowest BCUT2D eigenvalue weighted by atomic mass is 10.1. The lowest BCUT2D eigenvalue weighted by molar-refractivity contribution is -0.0159. The molecule has 0 bridgehead atoms. The summed E-state index contributed by atoms with van der Waals surface area (Å²) in [6, 6.07) is 5.39. The molecule has 2 heterocycles. The molecule has 3 N–H and O–H groups in total. The minimum absolute atomic E-state index is 0.241. The Morgan fingerprint density at radius 2 is 2.24 bits per heavy atom. The summed E-state index contributed by atoms with van der Waals surface area (Å²) in [5.74, 6) is 1.20. The van der Waals surface area contributed by atoms with Crippen LogP contribution in [0.3, 0.4) is 0 Å². The molecule has 1 aromatic heterocycles. The van der Waals surface area contributed by atoms with Crippen LogP contribution in [0.5, 0.6) is 5.75 Å². The Bertz CT molecular complexity index is 568. The number of nitrogens with two attached hydrogens (primary N) is 1. The average molecular weight is 252 g/mol. The summed E-state index contributed by atoms with van der Waals surface area (Å²) in [5.41, 5.74) is 8.14. The van der Waals surface area contributed by atoms with Gasteiger partial charge in [0.25, 0.3) is 0 Å². The third-order valence-corrected chi connectivity index (χ3v) is 2.78. The molecule has 3 rings (SSSR count). The Hall–Kier alpha value is -1.72. The molecule has 2 aromatic rings. The minimum Gasteiger partial charge on any atom is -0.466 e. The zero-order chi connectivity index (χ0) is 11.8. The highest BCUT2D eigenvalue weighted by Gasteiger charge is 2.18. The number of hydrogen-bond donors (Lipinski definition) is 2. The van der Waals surface area contributed by atoms with E-state index in [1.54, 1.807) is 6.07 Å². The van der Waals surface area contributed by atoms with E-state index in [2.05, 4.69) is 10.2 Å². The highest BCUT2D eigenvalue weighted by Crippen LogP contribution is 2.37. The molecule has 0 radical (unpaired) electrons. The van der Waals surface area contributed by atoms with Crippen LogP contribution in [-0.2, 0) is 11.3 Å². The predicted molar refractivity (Wildman–Crippen MR) is 63.7 cm³/mol. The maximum Gasteiger partial charge on any atom is 0.189 e. The van der Waals surface area contributed by atoms with Crippen molar-refractivity contribution >= 4 is 17.4 Å². The number of halogens is 1. The molecule has 1 aromatic carbocycles. The van der Waals surface area contributed by atoms with Crippen molar-refractivity contribution in [2.24, 2.45) is 0 Å². The summed E-state index contributed by atoms with van der Waals surface area (Å²) in [5, 5.41) is 7.37. The number of aromatic nitrogens is 2. The van der Waals surface area contributed by atoms with E-state index < -0.39 is 0 Å². The summed E-state index contributed by atoms with van der Waals surface area (Å²) >= 11 is 6.06. The van der Waals surface area contributed by atoms with Crippen LogP contribution < -0.4 is 10.5 Å². The molecule has 0 spiro atoms. The fourth-order valence-corrected chi connectivity index (χ4v) is 2.10. The number of nitrogens with zero attached hydrogens (tertiary/aromatic N) is 1. The number of fused-ring (bicyclic) bond motifs is 1. The first-order valence-corrected chi connectivity index (χ1v) is 5.46. The van der Waals surface area contributed by atoms with E-state index in [-0.39, 0.29) is 6.79 Å². The molecule has 1 aliphatic rings. The van der Waals surface area contributed by atoms with E-state index in [1.807, 2.05) is 12.1 Å². The van der Waals surface area contributed by atoms with Gasteiger partial charge in [-0.2, -0.15) is 5.10 Å². The Morgan fingerprint density at radius 1 is 1.35 bits per heavy atom. The largest absolute Gasteiger partial charge is 0.466 e. The number of rotatable bonds is 1. The maximum atomic E-state index is 6.06. The third-order valence-electron chi connectivity index (χ3n) is 2.56. The Kier molecular flexibility index (Phi) is 2.42. The van der Waals surface area contributed by atoms with Gasteiger partial charge >= 0.3 is 0 Å². The summed E-state index contributed by atoms with van der Waals surface area (Å²) in [6.45, 7) is 0.734. The minimum atomic E-state index is 0.241. The molecule has 6 heteroatoms. The quantitative estimate of drug-likeness (QED) is 0.815. The number of anilines is 1. The molecule has 0 atom stereocenters. The van der Waals surface area contributed by atoms with Gasteiger partial charge in [0.05, 0.1) is 12.3 Å². The van der Waals surface area contributed by atoms with Crippen molar-refractivity contribution in [3.8, 4) is 17.0 Å². The van der Waals surface area contributed by atoms with Gasteiger partial charge in [0.1, 0.15) is 11.6 Å². The number of nitrogens with one attached hydrogen (secondary N) is 1. The molecular weight excluding hydrogens is 242 g/mol. The Morgan fingerprint density at radius 3 is 3.00 bits per heavy atom. The van der Waals surface area contributed by atoms with Gasteiger partial charge in [-0.25, -0.2) is 0 Å². The summed E-state index contributed by atoms with van der Waals surface area (Å²) in [7, 11) is 0. The number of hydrogen-bond acceptors (Lipinski definition) is 4. The van der Waals surface area contributed by atoms with Gasteiger partial charge in [0.2, 0.25) is 0 Å². The van der Waals surface area contributed by atoms with Crippen LogP contribution in [-0.4, -0.2) is 17.0 Å². The molecule has 0 aliphatic carbocycles. The standard InChI is InChI=1S/C11H10ClN3O2/c12-7-1-6-4-16-5-17-11(6)8(2-7)9-3-10(13)15-14-9/h1-3H,4-5H2,(H3,13,14,15). The average Bonchev–Trinajstić information content (AvgIpc) is 2.74. The highest BCUT2D eigenvalue weighted by atomic mass is 35.5. The third kappa shape index (κ3) is 1.83. The van der Waals surface area contributed by atoms with Crippen molar-refractivity contribution in [1.29, 1.82) is 0 Å². The van der Waals surface area contributed by atoms with Crippen LogP contribution in [0, 0.1) is 0 Å². The fourth-order valence-electron chi connectivity index (χ4n) is 1.86. The van der Waals surface area contributed by atoms with Crippen molar-refractivity contribution in [1.82, 2.24) is 10.2 Å². The first-order valence-electron chi connectivity index (χ1n) is 5.08. The maximum absolute atomic E-state index is 6.06. The molecule has 0 saturated heterocycles. The predicted octanol–water partition coefficient (Wildman–Crippen LogP) is 2.18. The van der Waals surface area contributed by atoms with Crippen molar-refractivity contribution in [2.45, 2.75) is 6.61 Å². The van der Waals surface area contributed by atoms with Gasteiger partial charge in [0.15, 0.2) is 6.79 Å². The number of ether oxygens (including phenoxy) is 2. The summed E-state index contributed by atoms with van der Waals surface area (Å²) in [6.07, 6.45) is 0. The first kappa shape index (κ1) is 10.4. The zero-order valence-corrected chi connectivity index (χ0v) is 9.62. The van der Waals surface area contributed by atoms with Crippen molar-refractivity contribution in [3.05, 3.63) is 28.8 Å². The van der Waals surface area contributed by atoms with Gasteiger partial charge in [-0.05, 0) is 12.1 Å². The van der Waals surface area contributed by atoms with E-state index in [1.165, 1.54) is 0 Å². The van der Waals surface area contributed by atoms with Gasteiger partial charge in [0, 0.05) is 22.2 Å². The van der Waals surface area contributed by atoms with Crippen LogP contribution in [0.2, 0.25) is 5.02 Å². The second kappa shape index (κ2) is 3.94.